The molecule has 3 nitrogen and oxygen atoms in total. The predicted octanol–water partition coefficient (Wildman–Crippen LogP) is 1.11. The van der Waals surface area contributed by atoms with Crippen molar-refractivity contribution in [3.05, 3.63) is 11.6 Å². The van der Waals surface area contributed by atoms with Crippen molar-refractivity contribution in [2.75, 3.05) is 19.7 Å². The molecule has 0 aliphatic carbocycles. The van der Waals surface area contributed by atoms with Crippen LogP contribution in [0.3, 0.4) is 0 Å². The summed E-state index contributed by atoms with van der Waals surface area (Å²) in [4.78, 5) is 11.1. The minimum atomic E-state index is -0.214. The molecule has 1 saturated heterocycles. The molecule has 0 amide bonds. The highest BCUT2D eigenvalue weighted by Gasteiger charge is 2.12. The van der Waals surface area contributed by atoms with Crippen molar-refractivity contribution in [2.24, 2.45) is 5.92 Å². The van der Waals surface area contributed by atoms with E-state index in [0.29, 0.717) is 12.5 Å². The molecule has 1 aliphatic heterocycles. The van der Waals surface area contributed by atoms with E-state index < -0.39 is 0 Å². The maximum Gasteiger partial charge on any atom is 0.330 e. The fourth-order valence-corrected chi connectivity index (χ4v) is 1.53. The zero-order valence-corrected chi connectivity index (χ0v) is 8.30. The fourth-order valence-electron chi connectivity index (χ4n) is 1.53. The van der Waals surface area contributed by atoms with Crippen LogP contribution in [0.25, 0.3) is 0 Å². The smallest absolute Gasteiger partial charge is 0.330 e. The number of nitrogens with one attached hydrogen (secondary N) is 1. The monoisotopic (exact) mass is 183 g/mol. The second-order valence-corrected chi connectivity index (χ2v) is 3.49. The van der Waals surface area contributed by atoms with Gasteiger partial charge < -0.3 is 10.1 Å². The van der Waals surface area contributed by atoms with Gasteiger partial charge in [0.25, 0.3) is 0 Å². The summed E-state index contributed by atoms with van der Waals surface area (Å²) in [5, 5.41) is 3.26. The lowest BCUT2D eigenvalue weighted by Gasteiger charge is -2.21. The minimum Gasteiger partial charge on any atom is -0.463 e. The van der Waals surface area contributed by atoms with E-state index in [1.165, 1.54) is 0 Å². The Morgan fingerprint density at radius 3 is 3.15 bits per heavy atom. The highest BCUT2D eigenvalue weighted by Crippen LogP contribution is 2.14. The molecule has 0 aromatic carbocycles. The van der Waals surface area contributed by atoms with Gasteiger partial charge in [-0.05, 0) is 31.4 Å². The van der Waals surface area contributed by atoms with Gasteiger partial charge in [-0.3, -0.25) is 0 Å². The van der Waals surface area contributed by atoms with E-state index in [0.717, 1.165) is 25.1 Å². The van der Waals surface area contributed by atoms with Gasteiger partial charge in [0.2, 0.25) is 0 Å². The van der Waals surface area contributed by atoms with Gasteiger partial charge in [0, 0.05) is 12.6 Å². The van der Waals surface area contributed by atoms with Crippen LogP contribution in [0.4, 0.5) is 0 Å². The average molecular weight is 183 g/mol. The molecule has 3 heteroatoms. The summed E-state index contributed by atoms with van der Waals surface area (Å²) in [7, 11) is 0. The average Bonchev–Trinajstić information content (AvgIpc) is 2.04. The van der Waals surface area contributed by atoms with Gasteiger partial charge in [0.15, 0.2) is 0 Å². The summed E-state index contributed by atoms with van der Waals surface area (Å²) in [6.45, 7) is 6.30. The van der Waals surface area contributed by atoms with E-state index in [1.807, 2.05) is 6.92 Å². The molecule has 0 aromatic heterocycles. The number of carbonyl (C=O) groups is 1. The van der Waals surface area contributed by atoms with Crippen LogP contribution in [0.2, 0.25) is 0 Å². The van der Waals surface area contributed by atoms with Crippen molar-refractivity contribution in [3.63, 3.8) is 0 Å². The van der Waals surface area contributed by atoms with Crippen molar-refractivity contribution in [3.8, 4) is 0 Å². The summed E-state index contributed by atoms with van der Waals surface area (Å²) < 4.78 is 4.84. The summed E-state index contributed by atoms with van der Waals surface area (Å²) in [6, 6.07) is 0. The van der Waals surface area contributed by atoms with Crippen molar-refractivity contribution >= 4 is 5.97 Å². The van der Waals surface area contributed by atoms with Gasteiger partial charge >= 0.3 is 5.97 Å². The molecule has 13 heavy (non-hydrogen) atoms. The molecule has 1 atom stereocenters. The standard InChI is InChI=1S/C10H17NO2/c1-3-13-10(12)5-9-4-8(2)6-11-7-9/h5,8,11H,3-4,6-7H2,1-2H3/b9-5+. The van der Waals surface area contributed by atoms with Crippen molar-refractivity contribution in [2.45, 2.75) is 20.3 Å². The van der Waals surface area contributed by atoms with Crippen LogP contribution in [0.15, 0.2) is 11.6 Å². The van der Waals surface area contributed by atoms with E-state index >= 15 is 0 Å². The van der Waals surface area contributed by atoms with Gasteiger partial charge in [-0.1, -0.05) is 6.92 Å². The topological polar surface area (TPSA) is 38.3 Å². The molecule has 1 N–H and O–H groups in total. The van der Waals surface area contributed by atoms with Crippen LogP contribution in [0, 0.1) is 5.92 Å². The Bertz CT molecular complexity index is 211. The molecule has 74 valence electrons. The molecule has 0 saturated carbocycles. The fraction of sp³-hybridized carbons (Fsp3) is 0.700. The lowest BCUT2D eigenvalue weighted by Crippen LogP contribution is -2.30. The Hall–Kier alpha value is -0.830. The number of ether oxygens (including phenoxy) is 1. The molecular weight excluding hydrogens is 166 g/mol. The van der Waals surface area contributed by atoms with E-state index in [2.05, 4.69) is 12.2 Å². The van der Waals surface area contributed by atoms with Crippen LogP contribution in [-0.2, 0) is 9.53 Å². The first-order chi connectivity index (χ1) is 6.22. The number of hydrogen-bond donors (Lipinski definition) is 1. The second-order valence-electron chi connectivity index (χ2n) is 3.49. The third-order valence-electron chi connectivity index (χ3n) is 2.06. The van der Waals surface area contributed by atoms with Crippen LogP contribution in [0.5, 0.6) is 0 Å². The lowest BCUT2D eigenvalue weighted by atomic mass is 9.97. The third-order valence-corrected chi connectivity index (χ3v) is 2.06. The van der Waals surface area contributed by atoms with Gasteiger partial charge in [-0.25, -0.2) is 4.79 Å². The SMILES string of the molecule is CCOC(=O)/C=C1/CNCC(C)C1. The number of carbonyl (C=O) groups excluding carboxylic acids is 1. The second kappa shape index (κ2) is 5.02. The molecule has 0 spiro atoms. The molecule has 0 aromatic rings. The first-order valence-electron chi connectivity index (χ1n) is 4.79. The number of rotatable bonds is 2. The Labute approximate surface area is 79.2 Å². The Morgan fingerprint density at radius 2 is 2.54 bits per heavy atom. The quantitative estimate of drug-likeness (QED) is 0.514. The molecule has 1 rings (SSSR count). The van der Waals surface area contributed by atoms with Crippen LogP contribution in [0.1, 0.15) is 20.3 Å². The molecule has 1 unspecified atom stereocenters. The number of esters is 1. The molecule has 0 radical (unpaired) electrons. The molecule has 1 aliphatic rings. The van der Waals surface area contributed by atoms with Crippen LogP contribution in [-0.4, -0.2) is 25.7 Å². The van der Waals surface area contributed by atoms with Crippen molar-refractivity contribution in [1.82, 2.24) is 5.32 Å². The van der Waals surface area contributed by atoms with Gasteiger partial charge in [-0.2, -0.15) is 0 Å². The lowest BCUT2D eigenvalue weighted by molar-refractivity contribution is -0.137. The maximum absolute atomic E-state index is 11.1. The van der Waals surface area contributed by atoms with E-state index in [1.54, 1.807) is 6.08 Å². The normalized spacial score (nSPS) is 26.0. The Kier molecular flexibility index (Phi) is 3.96. The highest BCUT2D eigenvalue weighted by atomic mass is 16.5. The number of hydrogen-bond acceptors (Lipinski definition) is 3. The molecular formula is C10H17NO2. The van der Waals surface area contributed by atoms with Crippen molar-refractivity contribution < 1.29 is 9.53 Å². The Balaban J connectivity index is 2.44. The molecule has 1 heterocycles. The first-order valence-corrected chi connectivity index (χ1v) is 4.79. The largest absolute Gasteiger partial charge is 0.463 e. The summed E-state index contributed by atoms with van der Waals surface area (Å²) in [5.41, 5.74) is 1.15. The zero-order valence-electron chi connectivity index (χ0n) is 8.30. The zero-order chi connectivity index (χ0) is 9.68. The predicted molar refractivity (Wildman–Crippen MR) is 51.4 cm³/mol. The van der Waals surface area contributed by atoms with Gasteiger partial charge in [-0.15, -0.1) is 0 Å². The molecule has 0 bridgehead atoms. The third kappa shape index (κ3) is 3.59. The summed E-state index contributed by atoms with van der Waals surface area (Å²) >= 11 is 0. The highest BCUT2D eigenvalue weighted by molar-refractivity contribution is 5.82. The van der Waals surface area contributed by atoms with Crippen LogP contribution < -0.4 is 5.32 Å². The summed E-state index contributed by atoms with van der Waals surface area (Å²) in [5.74, 6) is 0.405. The van der Waals surface area contributed by atoms with Gasteiger partial charge in [0.05, 0.1) is 6.61 Å². The van der Waals surface area contributed by atoms with Crippen LogP contribution >= 0.6 is 0 Å². The van der Waals surface area contributed by atoms with Gasteiger partial charge in [0.1, 0.15) is 0 Å². The van der Waals surface area contributed by atoms with E-state index in [9.17, 15) is 4.79 Å². The minimum absolute atomic E-state index is 0.214. The summed E-state index contributed by atoms with van der Waals surface area (Å²) in [6.07, 6.45) is 2.62. The van der Waals surface area contributed by atoms with E-state index in [-0.39, 0.29) is 5.97 Å². The van der Waals surface area contributed by atoms with E-state index in [4.69, 9.17) is 4.74 Å². The Morgan fingerprint density at radius 1 is 1.77 bits per heavy atom. The molecule has 1 fully saturated rings. The maximum atomic E-state index is 11.1. The number of piperidine rings is 1. The van der Waals surface area contributed by atoms with Crippen molar-refractivity contribution in [1.29, 1.82) is 0 Å². The first kappa shape index (κ1) is 10.3.